The largest absolute Gasteiger partial charge is 0.460 e. The molecule has 4 heteroatoms. The fraction of sp³-hybridized carbons (Fsp3) is 0.500. The monoisotopic (exact) mass is 277 g/mol. The van der Waals surface area contributed by atoms with Crippen molar-refractivity contribution < 1.29 is 14.3 Å². The molecule has 0 heterocycles. The molecular formula is C16H23NO3. The van der Waals surface area contributed by atoms with E-state index in [1.54, 1.807) is 6.92 Å². The minimum absolute atomic E-state index is 0.0713. The number of carbonyl (C=O) groups excluding carboxylic acids is 2. The highest BCUT2D eigenvalue weighted by molar-refractivity contribution is 5.81. The summed E-state index contributed by atoms with van der Waals surface area (Å²) in [6, 6.07) is 8.05. The van der Waals surface area contributed by atoms with E-state index in [1.165, 1.54) is 5.56 Å². The lowest BCUT2D eigenvalue weighted by Gasteiger charge is -2.08. The lowest BCUT2D eigenvalue weighted by atomic mass is 10.0. The summed E-state index contributed by atoms with van der Waals surface area (Å²) in [7, 11) is 0. The third-order valence-corrected chi connectivity index (χ3v) is 2.82. The van der Waals surface area contributed by atoms with Crippen LogP contribution in [0.25, 0.3) is 0 Å². The number of hydrogen-bond donors (Lipinski definition) is 1. The van der Waals surface area contributed by atoms with Crippen LogP contribution < -0.4 is 5.32 Å². The number of hydrogen-bond acceptors (Lipinski definition) is 3. The molecule has 1 rings (SSSR count). The van der Waals surface area contributed by atoms with Gasteiger partial charge in [-0.25, -0.2) is 0 Å². The average Bonchev–Trinajstić information content (AvgIpc) is 2.43. The maximum atomic E-state index is 11.4. The van der Waals surface area contributed by atoms with E-state index < -0.39 is 5.97 Å². The molecule has 110 valence electrons. The van der Waals surface area contributed by atoms with Gasteiger partial charge in [0.2, 0.25) is 5.91 Å². The average molecular weight is 277 g/mol. The van der Waals surface area contributed by atoms with Crippen LogP contribution in [0, 0.1) is 5.92 Å². The van der Waals surface area contributed by atoms with Crippen LogP contribution in [0.3, 0.4) is 0 Å². The van der Waals surface area contributed by atoms with E-state index in [2.05, 4.69) is 31.3 Å². The van der Waals surface area contributed by atoms with E-state index in [1.807, 2.05) is 12.1 Å². The van der Waals surface area contributed by atoms with Gasteiger partial charge in [-0.15, -0.1) is 0 Å². The van der Waals surface area contributed by atoms with Gasteiger partial charge in [-0.3, -0.25) is 9.59 Å². The third-order valence-electron chi connectivity index (χ3n) is 2.82. The van der Waals surface area contributed by atoms with Crippen LogP contribution >= 0.6 is 0 Å². The van der Waals surface area contributed by atoms with Gasteiger partial charge in [0, 0.05) is 6.42 Å². The highest BCUT2D eigenvalue weighted by Gasteiger charge is 2.05. The maximum absolute atomic E-state index is 11.4. The maximum Gasteiger partial charge on any atom is 0.325 e. The molecule has 1 N–H and O–H groups in total. The van der Waals surface area contributed by atoms with Gasteiger partial charge in [0.25, 0.3) is 0 Å². The number of nitrogens with one attached hydrogen (secondary N) is 1. The zero-order valence-corrected chi connectivity index (χ0v) is 12.4. The van der Waals surface area contributed by atoms with Crippen molar-refractivity contribution in [2.75, 3.05) is 6.54 Å². The molecule has 1 aromatic rings. The summed E-state index contributed by atoms with van der Waals surface area (Å²) in [6.07, 6.45) is 1.41. The Labute approximate surface area is 120 Å². The molecule has 0 saturated heterocycles. The van der Waals surface area contributed by atoms with E-state index >= 15 is 0 Å². The Kier molecular flexibility index (Phi) is 6.77. The third kappa shape index (κ3) is 6.36. The van der Waals surface area contributed by atoms with Gasteiger partial charge in [-0.05, 0) is 23.5 Å². The summed E-state index contributed by atoms with van der Waals surface area (Å²) in [6.45, 7) is 6.26. The molecule has 0 unspecified atom stereocenters. The highest BCUT2D eigenvalue weighted by atomic mass is 16.5. The Bertz CT molecular complexity index is 438. The van der Waals surface area contributed by atoms with Gasteiger partial charge in [0.15, 0.2) is 0 Å². The first-order valence-corrected chi connectivity index (χ1v) is 7.01. The molecule has 0 saturated carbocycles. The molecule has 0 aliphatic carbocycles. The molecule has 0 aliphatic rings. The molecule has 4 nitrogen and oxygen atoms in total. The van der Waals surface area contributed by atoms with Gasteiger partial charge in [-0.2, -0.15) is 0 Å². The molecule has 0 atom stereocenters. The Balaban J connectivity index is 2.34. The van der Waals surface area contributed by atoms with Crippen molar-refractivity contribution in [3.63, 3.8) is 0 Å². The zero-order valence-electron chi connectivity index (χ0n) is 12.4. The van der Waals surface area contributed by atoms with Crippen LogP contribution in [0.5, 0.6) is 0 Å². The van der Waals surface area contributed by atoms with Crippen LogP contribution in [0.2, 0.25) is 0 Å². The summed E-state index contributed by atoms with van der Waals surface area (Å²) >= 11 is 0. The smallest absolute Gasteiger partial charge is 0.325 e. The quantitative estimate of drug-likeness (QED) is 0.779. The van der Waals surface area contributed by atoms with Gasteiger partial charge in [0.05, 0.1) is 0 Å². The summed E-state index contributed by atoms with van der Waals surface area (Å²) in [5.41, 5.74) is 2.23. The van der Waals surface area contributed by atoms with Gasteiger partial charge in [0.1, 0.15) is 13.2 Å². The summed E-state index contributed by atoms with van der Waals surface area (Å²) in [4.78, 5) is 22.4. The van der Waals surface area contributed by atoms with Crippen LogP contribution in [-0.4, -0.2) is 18.4 Å². The van der Waals surface area contributed by atoms with E-state index in [0.717, 1.165) is 12.0 Å². The number of benzene rings is 1. The van der Waals surface area contributed by atoms with E-state index in [9.17, 15) is 9.59 Å². The number of ether oxygens (including phenoxy) is 1. The molecule has 20 heavy (non-hydrogen) atoms. The van der Waals surface area contributed by atoms with Gasteiger partial charge >= 0.3 is 5.97 Å². The SMILES string of the molecule is CCC(=O)NCC(=O)OCc1ccc(CC(C)C)cc1. The predicted octanol–water partition coefficient (Wildman–Crippen LogP) is 2.45. The normalized spacial score (nSPS) is 10.4. The van der Waals surface area contributed by atoms with E-state index in [0.29, 0.717) is 12.3 Å². The molecule has 0 aliphatic heterocycles. The highest BCUT2D eigenvalue weighted by Crippen LogP contribution is 2.10. The van der Waals surface area contributed by atoms with E-state index in [4.69, 9.17) is 4.74 Å². The van der Waals surface area contributed by atoms with E-state index in [-0.39, 0.29) is 19.1 Å². The topological polar surface area (TPSA) is 55.4 Å². The molecule has 0 radical (unpaired) electrons. The minimum atomic E-state index is -0.418. The first-order valence-electron chi connectivity index (χ1n) is 7.01. The first kappa shape index (κ1) is 16.2. The van der Waals surface area contributed by atoms with Crippen molar-refractivity contribution >= 4 is 11.9 Å². The van der Waals surface area contributed by atoms with Crippen molar-refractivity contribution in [3.05, 3.63) is 35.4 Å². The fourth-order valence-electron chi connectivity index (χ4n) is 1.75. The van der Waals surface area contributed by atoms with Gasteiger partial charge < -0.3 is 10.1 Å². The molecule has 0 spiro atoms. The number of rotatable bonds is 7. The fourth-order valence-corrected chi connectivity index (χ4v) is 1.75. The summed E-state index contributed by atoms with van der Waals surface area (Å²) in [5.74, 6) is 0.0545. The second-order valence-electron chi connectivity index (χ2n) is 5.21. The lowest BCUT2D eigenvalue weighted by molar-refractivity contribution is -0.145. The number of carbonyl (C=O) groups is 2. The Morgan fingerprint density at radius 3 is 2.30 bits per heavy atom. The molecule has 0 bridgehead atoms. The zero-order chi connectivity index (χ0) is 15.0. The van der Waals surface area contributed by atoms with Crippen molar-refractivity contribution in [2.45, 2.75) is 40.2 Å². The lowest BCUT2D eigenvalue weighted by Crippen LogP contribution is -2.29. The van der Waals surface area contributed by atoms with Crippen molar-refractivity contribution in [1.82, 2.24) is 5.32 Å². The summed E-state index contributed by atoms with van der Waals surface area (Å²) < 4.78 is 5.09. The molecule has 1 amide bonds. The Morgan fingerprint density at radius 2 is 1.75 bits per heavy atom. The number of amides is 1. The van der Waals surface area contributed by atoms with Crippen LogP contribution in [0.1, 0.15) is 38.3 Å². The van der Waals surface area contributed by atoms with Crippen LogP contribution in [-0.2, 0) is 27.4 Å². The van der Waals surface area contributed by atoms with Crippen LogP contribution in [0.15, 0.2) is 24.3 Å². The first-order chi connectivity index (χ1) is 9.51. The second-order valence-corrected chi connectivity index (χ2v) is 5.21. The minimum Gasteiger partial charge on any atom is -0.460 e. The van der Waals surface area contributed by atoms with Crippen LogP contribution in [0.4, 0.5) is 0 Å². The molecular weight excluding hydrogens is 254 g/mol. The second kappa shape index (κ2) is 8.35. The summed E-state index contributed by atoms with van der Waals surface area (Å²) in [5, 5.41) is 2.49. The predicted molar refractivity (Wildman–Crippen MR) is 78.1 cm³/mol. The van der Waals surface area contributed by atoms with Gasteiger partial charge in [-0.1, -0.05) is 45.0 Å². The van der Waals surface area contributed by atoms with Crippen molar-refractivity contribution in [3.8, 4) is 0 Å². The molecule has 0 aromatic heterocycles. The van der Waals surface area contributed by atoms with Crippen molar-refractivity contribution in [2.24, 2.45) is 5.92 Å². The molecule has 1 aromatic carbocycles. The van der Waals surface area contributed by atoms with Crippen molar-refractivity contribution in [1.29, 1.82) is 0 Å². The standard InChI is InChI=1S/C16H23NO3/c1-4-15(18)17-10-16(19)20-11-14-7-5-13(6-8-14)9-12(2)3/h5-8,12H,4,9-11H2,1-3H3,(H,17,18). The Morgan fingerprint density at radius 1 is 1.15 bits per heavy atom. The molecule has 0 fully saturated rings. The Hall–Kier alpha value is -1.84. The number of esters is 1.